The molecule has 1 aromatic heterocycles. The number of benzene rings is 1. The van der Waals surface area contributed by atoms with Crippen molar-refractivity contribution in [3.8, 4) is 0 Å². The Morgan fingerprint density at radius 2 is 1.69 bits per heavy atom. The number of nitrogens with zero attached hydrogens (tertiary/aromatic N) is 3. The van der Waals surface area contributed by atoms with E-state index in [9.17, 15) is 9.59 Å². The molecular formula is C24H29N3O2. The molecule has 0 bridgehead atoms. The lowest BCUT2D eigenvalue weighted by molar-refractivity contribution is -0.137. The van der Waals surface area contributed by atoms with Crippen LogP contribution in [-0.2, 0) is 16.0 Å². The van der Waals surface area contributed by atoms with Gasteiger partial charge in [-0.2, -0.15) is 0 Å². The van der Waals surface area contributed by atoms with Gasteiger partial charge in [0.2, 0.25) is 0 Å². The molecule has 0 spiro atoms. The Balaban J connectivity index is 2.01. The van der Waals surface area contributed by atoms with Crippen molar-refractivity contribution in [1.82, 2.24) is 14.8 Å². The summed E-state index contributed by atoms with van der Waals surface area (Å²) in [5.41, 5.74) is 5.33. The number of rotatable bonds is 8. The average Bonchev–Trinajstić information content (AvgIpc) is 2.97. The highest BCUT2D eigenvalue weighted by atomic mass is 16.2. The molecule has 0 atom stereocenters. The third-order valence-corrected chi connectivity index (χ3v) is 5.50. The first-order chi connectivity index (χ1) is 14.0. The van der Waals surface area contributed by atoms with Gasteiger partial charge in [-0.3, -0.25) is 19.5 Å². The Bertz CT molecular complexity index is 934. The van der Waals surface area contributed by atoms with E-state index >= 15 is 0 Å². The molecule has 1 aliphatic heterocycles. The van der Waals surface area contributed by atoms with E-state index in [2.05, 4.69) is 4.98 Å². The Morgan fingerprint density at radius 3 is 2.31 bits per heavy atom. The zero-order valence-corrected chi connectivity index (χ0v) is 17.7. The molecule has 2 heterocycles. The van der Waals surface area contributed by atoms with Crippen LogP contribution in [0.1, 0.15) is 42.5 Å². The summed E-state index contributed by atoms with van der Waals surface area (Å²) in [4.78, 5) is 34.0. The zero-order valence-electron chi connectivity index (χ0n) is 17.7. The number of aryl methyl sites for hydroxylation is 2. The van der Waals surface area contributed by atoms with Gasteiger partial charge in [0.25, 0.3) is 11.8 Å². The molecule has 0 fully saturated rings. The lowest BCUT2D eigenvalue weighted by Crippen LogP contribution is -2.36. The highest BCUT2D eigenvalue weighted by molar-refractivity contribution is 6.35. The van der Waals surface area contributed by atoms with Gasteiger partial charge in [-0.15, -0.1) is 0 Å². The van der Waals surface area contributed by atoms with Crippen LogP contribution >= 0.6 is 0 Å². The smallest absolute Gasteiger partial charge is 0.277 e. The van der Waals surface area contributed by atoms with Crippen molar-refractivity contribution >= 4 is 17.4 Å². The fourth-order valence-corrected chi connectivity index (χ4v) is 3.68. The van der Waals surface area contributed by atoms with E-state index in [-0.39, 0.29) is 11.8 Å². The molecule has 0 N–H and O–H groups in total. The van der Waals surface area contributed by atoms with Gasteiger partial charge >= 0.3 is 0 Å². The number of likely N-dealkylation sites (N-methyl/N-ethyl adjacent to an activating group) is 1. The van der Waals surface area contributed by atoms with Gasteiger partial charge in [-0.25, -0.2) is 0 Å². The van der Waals surface area contributed by atoms with E-state index < -0.39 is 0 Å². The lowest BCUT2D eigenvalue weighted by Gasteiger charge is -2.25. The van der Waals surface area contributed by atoms with E-state index in [4.69, 9.17) is 0 Å². The van der Waals surface area contributed by atoms with Crippen molar-refractivity contribution in [3.63, 3.8) is 0 Å². The molecule has 1 aliphatic rings. The van der Waals surface area contributed by atoms with E-state index in [1.807, 2.05) is 62.9 Å². The Kier molecular flexibility index (Phi) is 6.47. The molecule has 1 aromatic carbocycles. The van der Waals surface area contributed by atoms with Crippen molar-refractivity contribution in [2.24, 2.45) is 0 Å². The van der Waals surface area contributed by atoms with Crippen molar-refractivity contribution < 1.29 is 9.59 Å². The van der Waals surface area contributed by atoms with E-state index in [0.717, 1.165) is 29.5 Å². The zero-order chi connectivity index (χ0) is 21.0. The maximum Gasteiger partial charge on any atom is 0.277 e. The van der Waals surface area contributed by atoms with Crippen LogP contribution < -0.4 is 0 Å². The molecule has 0 radical (unpaired) electrons. The van der Waals surface area contributed by atoms with Crippen LogP contribution in [0.25, 0.3) is 5.57 Å². The monoisotopic (exact) mass is 391 g/mol. The Morgan fingerprint density at radius 1 is 0.966 bits per heavy atom. The fourth-order valence-electron chi connectivity index (χ4n) is 3.68. The molecule has 2 aromatic rings. The number of carbonyl (C=O) groups is 2. The first-order valence-electron chi connectivity index (χ1n) is 10.3. The highest BCUT2D eigenvalue weighted by Gasteiger charge is 2.40. The summed E-state index contributed by atoms with van der Waals surface area (Å²) in [7, 11) is 0. The van der Waals surface area contributed by atoms with Gasteiger partial charge in [-0.05, 0) is 68.0 Å². The molecule has 3 rings (SSSR count). The van der Waals surface area contributed by atoms with Crippen LogP contribution in [0.4, 0.5) is 0 Å². The average molecular weight is 392 g/mol. The van der Waals surface area contributed by atoms with Crippen molar-refractivity contribution in [2.75, 3.05) is 19.6 Å². The first kappa shape index (κ1) is 20.8. The topological polar surface area (TPSA) is 53.5 Å². The van der Waals surface area contributed by atoms with E-state index in [0.29, 0.717) is 30.9 Å². The fraction of sp³-hybridized carbons (Fsp3) is 0.375. The quantitative estimate of drug-likeness (QED) is 0.643. The predicted octanol–water partition coefficient (Wildman–Crippen LogP) is 3.75. The van der Waals surface area contributed by atoms with Crippen molar-refractivity contribution in [1.29, 1.82) is 0 Å². The lowest BCUT2D eigenvalue weighted by atomic mass is 9.99. The summed E-state index contributed by atoms with van der Waals surface area (Å²) >= 11 is 0. The molecule has 152 valence electrons. The van der Waals surface area contributed by atoms with Gasteiger partial charge in [0.05, 0.1) is 5.57 Å². The van der Waals surface area contributed by atoms with Crippen LogP contribution in [0.2, 0.25) is 0 Å². The minimum Gasteiger partial charge on any atom is -0.366 e. The summed E-state index contributed by atoms with van der Waals surface area (Å²) in [5, 5.41) is 0. The number of hydrogen-bond acceptors (Lipinski definition) is 4. The molecule has 0 unspecified atom stereocenters. The largest absolute Gasteiger partial charge is 0.366 e. The number of hydrogen-bond donors (Lipinski definition) is 0. The summed E-state index contributed by atoms with van der Waals surface area (Å²) < 4.78 is 0. The third kappa shape index (κ3) is 4.24. The molecule has 5 heteroatoms. The predicted molar refractivity (Wildman–Crippen MR) is 115 cm³/mol. The Hall–Kier alpha value is -2.95. The van der Waals surface area contributed by atoms with Crippen LogP contribution in [0.3, 0.4) is 0 Å². The second-order valence-corrected chi connectivity index (χ2v) is 7.47. The molecule has 29 heavy (non-hydrogen) atoms. The van der Waals surface area contributed by atoms with Gasteiger partial charge < -0.3 is 4.90 Å². The van der Waals surface area contributed by atoms with E-state index in [1.165, 1.54) is 10.5 Å². The standard InChI is InChI=1S/C24H29N3O2/c1-5-14-27-23(28)21(20-8-7-17(3)18(4)16-20)22(24(27)29)26(6-2)15-11-19-9-12-25-13-10-19/h7-10,12-13,16H,5-6,11,14-15H2,1-4H3. The van der Waals surface area contributed by atoms with Crippen LogP contribution in [0.15, 0.2) is 48.4 Å². The Labute approximate surface area is 173 Å². The summed E-state index contributed by atoms with van der Waals surface area (Å²) in [6, 6.07) is 9.95. The van der Waals surface area contributed by atoms with Crippen molar-refractivity contribution in [2.45, 2.75) is 40.5 Å². The number of amides is 2. The van der Waals surface area contributed by atoms with Crippen molar-refractivity contribution in [3.05, 3.63) is 70.7 Å². The summed E-state index contributed by atoms with van der Waals surface area (Å²) in [5.74, 6) is -0.362. The molecular weight excluding hydrogens is 362 g/mol. The van der Waals surface area contributed by atoms with Crippen LogP contribution in [0.5, 0.6) is 0 Å². The summed E-state index contributed by atoms with van der Waals surface area (Å²) in [6.07, 6.45) is 5.08. The van der Waals surface area contributed by atoms with E-state index in [1.54, 1.807) is 12.4 Å². The molecule has 0 aliphatic carbocycles. The number of carbonyl (C=O) groups excluding carboxylic acids is 2. The minimum atomic E-state index is -0.183. The molecule has 5 nitrogen and oxygen atoms in total. The highest BCUT2D eigenvalue weighted by Crippen LogP contribution is 2.32. The van der Waals surface area contributed by atoms with Gasteiger partial charge in [0.1, 0.15) is 5.70 Å². The van der Waals surface area contributed by atoms with Gasteiger partial charge in [0.15, 0.2) is 0 Å². The van der Waals surface area contributed by atoms with Crippen LogP contribution in [0, 0.1) is 13.8 Å². The second kappa shape index (κ2) is 9.03. The van der Waals surface area contributed by atoms with Gasteiger partial charge in [0, 0.05) is 32.0 Å². The minimum absolute atomic E-state index is 0.179. The molecule has 0 saturated carbocycles. The van der Waals surface area contributed by atoms with Crippen LogP contribution in [-0.4, -0.2) is 46.2 Å². The third-order valence-electron chi connectivity index (χ3n) is 5.50. The van der Waals surface area contributed by atoms with Gasteiger partial charge in [-0.1, -0.05) is 25.1 Å². The SMILES string of the molecule is CCCN1C(=O)C(c2ccc(C)c(C)c2)=C(N(CC)CCc2ccncc2)C1=O. The molecule has 0 saturated heterocycles. The number of pyridine rings is 1. The maximum absolute atomic E-state index is 13.2. The normalized spacial score (nSPS) is 14.1. The second-order valence-electron chi connectivity index (χ2n) is 7.47. The number of imide groups is 1. The summed E-state index contributed by atoms with van der Waals surface area (Å²) in [6.45, 7) is 9.86. The maximum atomic E-state index is 13.2. The molecule has 2 amide bonds. The number of aromatic nitrogens is 1. The first-order valence-corrected chi connectivity index (χ1v) is 10.3.